The molecular formula is C16H16Br2FN. The van der Waals surface area contributed by atoms with Gasteiger partial charge in [0.15, 0.2) is 0 Å². The van der Waals surface area contributed by atoms with E-state index in [0.717, 1.165) is 14.5 Å². The van der Waals surface area contributed by atoms with Gasteiger partial charge in [-0.2, -0.15) is 0 Å². The largest absolute Gasteiger partial charge is 0.304 e. The van der Waals surface area contributed by atoms with Crippen LogP contribution in [0.1, 0.15) is 37.1 Å². The number of hydrogen-bond donors (Lipinski definition) is 1. The second-order valence-corrected chi connectivity index (χ2v) is 6.57. The van der Waals surface area contributed by atoms with Crippen LogP contribution in [0, 0.1) is 5.82 Å². The van der Waals surface area contributed by atoms with Crippen LogP contribution in [0.3, 0.4) is 0 Å². The molecule has 106 valence electrons. The molecule has 0 aliphatic rings. The van der Waals surface area contributed by atoms with Gasteiger partial charge in [-0.1, -0.05) is 50.1 Å². The van der Waals surface area contributed by atoms with E-state index in [1.54, 1.807) is 6.07 Å². The Balaban J connectivity index is 2.17. The third kappa shape index (κ3) is 3.68. The topological polar surface area (TPSA) is 12.0 Å². The van der Waals surface area contributed by atoms with Gasteiger partial charge >= 0.3 is 0 Å². The Bertz CT molecular complexity index is 601. The number of halogens is 3. The van der Waals surface area contributed by atoms with E-state index in [9.17, 15) is 4.39 Å². The maximum absolute atomic E-state index is 13.9. The van der Waals surface area contributed by atoms with Crippen molar-refractivity contribution in [3.63, 3.8) is 0 Å². The lowest BCUT2D eigenvalue weighted by molar-refractivity contribution is 0.473. The van der Waals surface area contributed by atoms with Crippen LogP contribution >= 0.6 is 31.9 Å². The lowest BCUT2D eigenvalue weighted by Gasteiger charge is -2.22. The third-order valence-electron chi connectivity index (χ3n) is 3.30. The molecule has 0 saturated heterocycles. The van der Waals surface area contributed by atoms with Gasteiger partial charge in [0.25, 0.3) is 0 Å². The van der Waals surface area contributed by atoms with Gasteiger partial charge in [0.1, 0.15) is 5.82 Å². The summed E-state index contributed by atoms with van der Waals surface area (Å²) in [6.07, 6.45) is 0. The lowest BCUT2D eigenvalue weighted by Crippen LogP contribution is -2.23. The number of nitrogens with one attached hydrogen (secondary N) is 1. The monoisotopic (exact) mass is 399 g/mol. The first-order chi connectivity index (χ1) is 9.49. The van der Waals surface area contributed by atoms with Gasteiger partial charge in [-0.05, 0) is 43.7 Å². The predicted octanol–water partition coefficient (Wildman–Crippen LogP) is 5.76. The second-order valence-electron chi connectivity index (χ2n) is 4.80. The zero-order valence-corrected chi connectivity index (χ0v) is 14.5. The quantitative estimate of drug-likeness (QED) is 0.687. The van der Waals surface area contributed by atoms with Crippen molar-refractivity contribution >= 4 is 31.9 Å². The molecule has 0 aliphatic carbocycles. The summed E-state index contributed by atoms with van der Waals surface area (Å²) in [4.78, 5) is 0. The van der Waals surface area contributed by atoms with Crippen LogP contribution in [0.25, 0.3) is 0 Å². The molecule has 1 unspecified atom stereocenters. The maximum Gasteiger partial charge on any atom is 0.128 e. The van der Waals surface area contributed by atoms with Crippen molar-refractivity contribution in [3.8, 4) is 0 Å². The zero-order valence-electron chi connectivity index (χ0n) is 11.3. The molecule has 0 aromatic heterocycles. The molecule has 2 rings (SSSR count). The summed E-state index contributed by atoms with van der Waals surface area (Å²) >= 11 is 6.93. The van der Waals surface area contributed by atoms with Crippen LogP contribution in [0.5, 0.6) is 0 Å². The van der Waals surface area contributed by atoms with E-state index in [2.05, 4.69) is 50.2 Å². The maximum atomic E-state index is 13.9. The van der Waals surface area contributed by atoms with Gasteiger partial charge in [0, 0.05) is 26.6 Å². The number of benzene rings is 2. The molecule has 0 bridgehead atoms. The van der Waals surface area contributed by atoms with Gasteiger partial charge < -0.3 is 5.32 Å². The van der Waals surface area contributed by atoms with Crippen molar-refractivity contribution < 1.29 is 4.39 Å². The number of hydrogen-bond acceptors (Lipinski definition) is 1. The van der Waals surface area contributed by atoms with Crippen molar-refractivity contribution in [1.29, 1.82) is 0 Å². The smallest absolute Gasteiger partial charge is 0.128 e. The highest BCUT2D eigenvalue weighted by molar-refractivity contribution is 9.10. The van der Waals surface area contributed by atoms with Crippen LogP contribution in [-0.2, 0) is 0 Å². The predicted molar refractivity (Wildman–Crippen MR) is 88.2 cm³/mol. The second kappa shape index (κ2) is 6.83. The van der Waals surface area contributed by atoms with E-state index in [-0.39, 0.29) is 17.9 Å². The lowest BCUT2D eigenvalue weighted by atomic mass is 10.0. The molecule has 0 spiro atoms. The van der Waals surface area contributed by atoms with Crippen molar-refractivity contribution in [2.24, 2.45) is 0 Å². The van der Waals surface area contributed by atoms with E-state index in [0.29, 0.717) is 5.56 Å². The molecule has 2 atom stereocenters. The molecule has 0 aliphatic heterocycles. The van der Waals surface area contributed by atoms with Crippen molar-refractivity contribution in [3.05, 3.63) is 68.4 Å². The van der Waals surface area contributed by atoms with Gasteiger partial charge in [-0.15, -0.1) is 0 Å². The molecule has 4 heteroatoms. The first-order valence-corrected chi connectivity index (χ1v) is 8.03. The Hall–Kier alpha value is -0.710. The van der Waals surface area contributed by atoms with Crippen LogP contribution in [0.2, 0.25) is 0 Å². The van der Waals surface area contributed by atoms with E-state index in [1.807, 2.05) is 31.2 Å². The molecule has 0 fully saturated rings. The van der Waals surface area contributed by atoms with Crippen molar-refractivity contribution in [2.45, 2.75) is 25.9 Å². The standard InChI is InChI=1S/C16H16Br2FN/c1-10(13-5-3-4-6-15(13)18)20-11(2)14-9-12(17)7-8-16(14)19/h3-11,20H,1-2H3/t10-,11?/m1/s1. The molecule has 0 saturated carbocycles. The fraction of sp³-hybridized carbons (Fsp3) is 0.250. The van der Waals surface area contributed by atoms with Gasteiger partial charge in [-0.3, -0.25) is 0 Å². The van der Waals surface area contributed by atoms with E-state index < -0.39 is 0 Å². The van der Waals surface area contributed by atoms with E-state index in [4.69, 9.17) is 0 Å². The molecule has 2 aromatic carbocycles. The minimum Gasteiger partial charge on any atom is -0.304 e. The van der Waals surface area contributed by atoms with Crippen molar-refractivity contribution in [2.75, 3.05) is 0 Å². The Kier molecular flexibility index (Phi) is 5.35. The first-order valence-electron chi connectivity index (χ1n) is 6.44. The molecule has 1 N–H and O–H groups in total. The van der Waals surface area contributed by atoms with Crippen LogP contribution in [0.15, 0.2) is 51.4 Å². The summed E-state index contributed by atoms with van der Waals surface area (Å²) in [6.45, 7) is 4.05. The average Bonchev–Trinajstić information content (AvgIpc) is 2.41. The summed E-state index contributed by atoms with van der Waals surface area (Å²) < 4.78 is 15.8. The van der Waals surface area contributed by atoms with Gasteiger partial charge in [0.05, 0.1) is 0 Å². The summed E-state index contributed by atoms with van der Waals surface area (Å²) in [5, 5.41) is 3.43. The van der Waals surface area contributed by atoms with Crippen LogP contribution < -0.4 is 5.32 Å². The molecule has 0 radical (unpaired) electrons. The van der Waals surface area contributed by atoms with Crippen molar-refractivity contribution in [1.82, 2.24) is 5.32 Å². The first kappa shape index (κ1) is 15.7. The van der Waals surface area contributed by atoms with E-state index >= 15 is 0 Å². The molecule has 20 heavy (non-hydrogen) atoms. The fourth-order valence-corrected chi connectivity index (χ4v) is 3.23. The molecule has 1 nitrogen and oxygen atoms in total. The highest BCUT2D eigenvalue weighted by Gasteiger charge is 2.16. The van der Waals surface area contributed by atoms with Gasteiger partial charge in [0.2, 0.25) is 0 Å². The van der Waals surface area contributed by atoms with Crippen LogP contribution in [-0.4, -0.2) is 0 Å². The van der Waals surface area contributed by atoms with E-state index in [1.165, 1.54) is 6.07 Å². The normalized spacial score (nSPS) is 14.1. The fourth-order valence-electron chi connectivity index (χ4n) is 2.23. The molecule has 0 heterocycles. The Morgan fingerprint density at radius 1 is 0.950 bits per heavy atom. The number of rotatable bonds is 4. The van der Waals surface area contributed by atoms with Gasteiger partial charge in [-0.25, -0.2) is 4.39 Å². The highest BCUT2D eigenvalue weighted by atomic mass is 79.9. The summed E-state index contributed by atoms with van der Waals surface area (Å²) in [5.41, 5.74) is 1.83. The zero-order chi connectivity index (χ0) is 14.7. The third-order valence-corrected chi connectivity index (χ3v) is 4.51. The molecular weight excluding hydrogens is 385 g/mol. The van der Waals surface area contributed by atoms with Crippen LogP contribution in [0.4, 0.5) is 4.39 Å². The SMILES string of the molecule is CC(N[C@H](C)c1ccccc1Br)c1cc(Br)ccc1F. The Morgan fingerprint density at radius 3 is 2.30 bits per heavy atom. The summed E-state index contributed by atoms with van der Waals surface area (Å²) in [7, 11) is 0. The molecule has 2 aromatic rings. The Morgan fingerprint density at radius 2 is 1.60 bits per heavy atom. The minimum absolute atomic E-state index is 0.0744. The average molecular weight is 401 g/mol. The Labute approximate surface area is 135 Å². The molecule has 0 amide bonds. The minimum atomic E-state index is -0.187. The summed E-state index contributed by atoms with van der Waals surface area (Å²) in [5.74, 6) is -0.187. The highest BCUT2D eigenvalue weighted by Crippen LogP contribution is 2.27. The summed E-state index contributed by atoms with van der Waals surface area (Å²) in [6, 6.07) is 13.1.